The monoisotopic (exact) mass is 332 g/mol. The number of nitrogens with one attached hydrogen (secondary N) is 1. The van der Waals surface area contributed by atoms with Crippen LogP contribution >= 0.6 is 0 Å². The molecule has 5 heteroatoms. The lowest BCUT2D eigenvalue weighted by molar-refractivity contribution is -0.119. The fourth-order valence-corrected chi connectivity index (χ4v) is 3.14. The van der Waals surface area contributed by atoms with Gasteiger partial charge in [-0.05, 0) is 43.4 Å². The smallest absolute Gasteiger partial charge is 0.253 e. The molecule has 1 aromatic rings. The second-order valence-electron chi connectivity index (χ2n) is 6.70. The van der Waals surface area contributed by atoms with Gasteiger partial charge in [0.25, 0.3) is 5.91 Å². The highest BCUT2D eigenvalue weighted by atomic mass is 16.3. The number of hydrogen-bond acceptors (Lipinski definition) is 3. The first-order chi connectivity index (χ1) is 11.5. The predicted octanol–water partition coefficient (Wildman–Crippen LogP) is 2.91. The number of benzene rings is 1. The molecule has 2 amide bonds. The molecular weight excluding hydrogens is 304 g/mol. The zero-order valence-corrected chi connectivity index (χ0v) is 14.6. The Bertz CT molecular complexity index is 573. The summed E-state index contributed by atoms with van der Waals surface area (Å²) in [5.74, 6) is 0.0767. The van der Waals surface area contributed by atoms with E-state index in [2.05, 4.69) is 12.2 Å². The van der Waals surface area contributed by atoms with Crippen molar-refractivity contribution in [2.75, 3.05) is 25.0 Å². The first-order valence-corrected chi connectivity index (χ1v) is 8.86. The fourth-order valence-electron chi connectivity index (χ4n) is 3.14. The topological polar surface area (TPSA) is 69.6 Å². The summed E-state index contributed by atoms with van der Waals surface area (Å²) in [4.78, 5) is 26.6. The first-order valence-electron chi connectivity index (χ1n) is 8.86. The van der Waals surface area contributed by atoms with E-state index in [1.165, 1.54) is 0 Å². The van der Waals surface area contributed by atoms with E-state index in [4.69, 9.17) is 0 Å². The summed E-state index contributed by atoms with van der Waals surface area (Å²) in [6, 6.07) is 7.11. The highest BCUT2D eigenvalue weighted by Crippen LogP contribution is 2.20. The molecule has 0 radical (unpaired) electrons. The Balaban J connectivity index is 2.04. The molecule has 1 fully saturated rings. The zero-order valence-electron chi connectivity index (χ0n) is 14.6. The molecule has 1 aliphatic heterocycles. The fraction of sp³-hybridized carbons (Fsp3) is 0.579. The number of aliphatic hydroxyl groups excluding tert-OH is 1. The second kappa shape index (κ2) is 8.83. The van der Waals surface area contributed by atoms with E-state index in [-0.39, 0.29) is 30.3 Å². The Morgan fingerprint density at radius 1 is 1.42 bits per heavy atom. The van der Waals surface area contributed by atoms with E-state index in [1.807, 2.05) is 6.92 Å². The quantitative estimate of drug-likeness (QED) is 0.841. The molecular formula is C19H28N2O3. The van der Waals surface area contributed by atoms with Gasteiger partial charge in [0.05, 0.1) is 0 Å². The molecule has 2 atom stereocenters. The number of nitrogens with zero attached hydrogens (tertiary/aromatic N) is 1. The van der Waals surface area contributed by atoms with Crippen molar-refractivity contribution in [3.8, 4) is 0 Å². The van der Waals surface area contributed by atoms with Crippen molar-refractivity contribution in [3.63, 3.8) is 0 Å². The van der Waals surface area contributed by atoms with Crippen LogP contribution in [0.2, 0.25) is 0 Å². The van der Waals surface area contributed by atoms with Gasteiger partial charge in [-0.2, -0.15) is 0 Å². The Labute approximate surface area is 144 Å². The van der Waals surface area contributed by atoms with Crippen LogP contribution in [0.15, 0.2) is 24.3 Å². The highest BCUT2D eigenvalue weighted by molar-refractivity contribution is 5.97. The van der Waals surface area contributed by atoms with Gasteiger partial charge in [0.15, 0.2) is 0 Å². The average Bonchev–Trinajstić information content (AvgIpc) is 2.61. The zero-order chi connectivity index (χ0) is 17.5. The number of likely N-dealkylation sites (tertiary alicyclic amines) is 1. The average molecular weight is 332 g/mol. The predicted molar refractivity (Wildman–Crippen MR) is 94.9 cm³/mol. The van der Waals surface area contributed by atoms with Crippen molar-refractivity contribution in [1.82, 2.24) is 4.90 Å². The van der Waals surface area contributed by atoms with E-state index in [0.717, 1.165) is 32.2 Å². The van der Waals surface area contributed by atoms with Gasteiger partial charge in [0.1, 0.15) is 0 Å². The molecule has 0 aromatic heterocycles. The molecule has 5 nitrogen and oxygen atoms in total. The van der Waals surface area contributed by atoms with E-state index in [1.54, 1.807) is 29.2 Å². The van der Waals surface area contributed by atoms with Crippen LogP contribution in [0.1, 0.15) is 49.9 Å². The highest BCUT2D eigenvalue weighted by Gasteiger charge is 2.24. The SMILES string of the molecule is CCCC(C)C(=O)Nc1cccc(C(=O)N2CCCC(CO)C2)c1. The molecule has 0 spiro atoms. The summed E-state index contributed by atoms with van der Waals surface area (Å²) in [5.41, 5.74) is 1.24. The van der Waals surface area contributed by atoms with Crippen LogP contribution in [0.3, 0.4) is 0 Å². The molecule has 1 heterocycles. The summed E-state index contributed by atoms with van der Waals surface area (Å²) >= 11 is 0. The molecule has 24 heavy (non-hydrogen) atoms. The lowest BCUT2D eigenvalue weighted by Gasteiger charge is -2.32. The van der Waals surface area contributed by atoms with E-state index < -0.39 is 0 Å². The molecule has 1 aliphatic rings. The maximum Gasteiger partial charge on any atom is 0.253 e. The summed E-state index contributed by atoms with van der Waals surface area (Å²) in [6.07, 6.45) is 3.70. The number of anilines is 1. The normalized spacial score (nSPS) is 19.0. The molecule has 0 bridgehead atoms. The van der Waals surface area contributed by atoms with Crippen LogP contribution in [0.25, 0.3) is 0 Å². The Hall–Kier alpha value is -1.88. The molecule has 2 rings (SSSR count). The number of amides is 2. The number of hydrogen-bond donors (Lipinski definition) is 2. The van der Waals surface area contributed by atoms with Crippen LogP contribution in [0.5, 0.6) is 0 Å². The van der Waals surface area contributed by atoms with Gasteiger partial charge < -0.3 is 15.3 Å². The molecule has 2 unspecified atom stereocenters. The van der Waals surface area contributed by atoms with Gasteiger partial charge in [-0.1, -0.05) is 26.3 Å². The van der Waals surface area contributed by atoms with Crippen LogP contribution in [-0.2, 0) is 4.79 Å². The van der Waals surface area contributed by atoms with Crippen molar-refractivity contribution in [3.05, 3.63) is 29.8 Å². The summed E-state index contributed by atoms with van der Waals surface area (Å²) in [5, 5.41) is 12.2. The van der Waals surface area contributed by atoms with Crippen molar-refractivity contribution < 1.29 is 14.7 Å². The molecule has 1 saturated heterocycles. The van der Waals surface area contributed by atoms with Crippen LogP contribution < -0.4 is 5.32 Å². The van der Waals surface area contributed by atoms with E-state index in [9.17, 15) is 14.7 Å². The molecule has 2 N–H and O–H groups in total. The maximum atomic E-state index is 12.7. The number of piperidine rings is 1. The third-order valence-corrected chi connectivity index (χ3v) is 4.61. The first kappa shape index (κ1) is 18.5. The van der Waals surface area contributed by atoms with Gasteiger partial charge in [0, 0.05) is 36.9 Å². The third-order valence-electron chi connectivity index (χ3n) is 4.61. The second-order valence-corrected chi connectivity index (χ2v) is 6.70. The Kier molecular flexibility index (Phi) is 6.79. The van der Waals surface area contributed by atoms with Crippen molar-refractivity contribution in [1.29, 1.82) is 0 Å². The summed E-state index contributed by atoms with van der Waals surface area (Å²) < 4.78 is 0. The number of aliphatic hydroxyl groups is 1. The van der Waals surface area contributed by atoms with Gasteiger partial charge in [-0.25, -0.2) is 0 Å². The molecule has 0 aliphatic carbocycles. The minimum Gasteiger partial charge on any atom is -0.396 e. The largest absolute Gasteiger partial charge is 0.396 e. The molecule has 132 valence electrons. The van der Waals surface area contributed by atoms with E-state index >= 15 is 0 Å². The van der Waals surface area contributed by atoms with Crippen molar-refractivity contribution in [2.24, 2.45) is 11.8 Å². The maximum absolute atomic E-state index is 12.7. The summed E-state index contributed by atoms with van der Waals surface area (Å²) in [6.45, 7) is 5.41. The van der Waals surface area contributed by atoms with Crippen molar-refractivity contribution in [2.45, 2.75) is 39.5 Å². The van der Waals surface area contributed by atoms with Crippen LogP contribution in [0.4, 0.5) is 5.69 Å². The van der Waals surface area contributed by atoms with Crippen LogP contribution in [0, 0.1) is 11.8 Å². The lowest BCUT2D eigenvalue weighted by atomic mass is 9.98. The van der Waals surface area contributed by atoms with Gasteiger partial charge in [-0.15, -0.1) is 0 Å². The number of carbonyl (C=O) groups is 2. The third kappa shape index (κ3) is 4.81. The Morgan fingerprint density at radius 3 is 2.92 bits per heavy atom. The number of carbonyl (C=O) groups excluding carboxylic acids is 2. The molecule has 1 aromatic carbocycles. The number of rotatable bonds is 6. The van der Waals surface area contributed by atoms with Gasteiger partial charge in [0.2, 0.25) is 5.91 Å². The van der Waals surface area contributed by atoms with Gasteiger partial charge in [-0.3, -0.25) is 9.59 Å². The lowest BCUT2D eigenvalue weighted by Crippen LogP contribution is -2.40. The Morgan fingerprint density at radius 2 is 2.21 bits per heavy atom. The van der Waals surface area contributed by atoms with Crippen molar-refractivity contribution >= 4 is 17.5 Å². The van der Waals surface area contributed by atoms with Gasteiger partial charge >= 0.3 is 0 Å². The summed E-state index contributed by atoms with van der Waals surface area (Å²) in [7, 11) is 0. The minimum absolute atomic E-state index is 0.0141. The molecule has 0 saturated carbocycles. The standard InChI is InChI=1S/C19H28N2O3/c1-3-6-14(2)18(23)20-17-9-4-8-16(11-17)19(24)21-10-5-7-15(12-21)13-22/h4,8-9,11,14-15,22H,3,5-7,10,12-13H2,1-2H3,(H,20,23). The van der Waals surface area contributed by atoms with E-state index in [0.29, 0.717) is 17.8 Å². The minimum atomic E-state index is -0.0400. The van der Waals surface area contributed by atoms with Crippen LogP contribution in [-0.4, -0.2) is 41.5 Å².